The molecule has 1 aromatic carbocycles. The fourth-order valence-corrected chi connectivity index (χ4v) is 3.28. The molecule has 1 rings (SSSR count). The van der Waals surface area contributed by atoms with Gasteiger partial charge in [0.05, 0.1) is 4.90 Å². The molecule has 0 unspecified atom stereocenters. The molecule has 0 radical (unpaired) electrons. The molecule has 5 nitrogen and oxygen atoms in total. The SMILES string of the molecule is CCNCc1ccc(C)c(S(=O)(=O)NCCCOCC)c1. The van der Waals surface area contributed by atoms with Gasteiger partial charge in [-0.3, -0.25) is 0 Å². The van der Waals surface area contributed by atoms with Crippen LogP contribution in [0.1, 0.15) is 31.4 Å². The smallest absolute Gasteiger partial charge is 0.240 e. The second-order valence-electron chi connectivity index (χ2n) is 4.83. The number of ether oxygens (including phenoxy) is 1. The van der Waals surface area contributed by atoms with Gasteiger partial charge in [-0.1, -0.05) is 19.1 Å². The molecule has 0 aromatic heterocycles. The van der Waals surface area contributed by atoms with E-state index in [-0.39, 0.29) is 0 Å². The van der Waals surface area contributed by atoms with Crippen LogP contribution in [0, 0.1) is 6.92 Å². The third kappa shape index (κ3) is 6.13. The minimum atomic E-state index is -3.46. The van der Waals surface area contributed by atoms with Crippen LogP contribution in [-0.4, -0.2) is 34.7 Å². The maximum Gasteiger partial charge on any atom is 0.240 e. The van der Waals surface area contributed by atoms with Crippen LogP contribution >= 0.6 is 0 Å². The average Bonchev–Trinajstić information content (AvgIpc) is 2.46. The maximum absolute atomic E-state index is 12.3. The highest BCUT2D eigenvalue weighted by Gasteiger charge is 2.16. The van der Waals surface area contributed by atoms with Gasteiger partial charge in [-0.2, -0.15) is 0 Å². The first kappa shape index (κ1) is 18.1. The fraction of sp³-hybridized carbons (Fsp3) is 0.600. The zero-order valence-corrected chi connectivity index (χ0v) is 13.9. The molecule has 21 heavy (non-hydrogen) atoms. The van der Waals surface area contributed by atoms with Crippen molar-refractivity contribution >= 4 is 10.0 Å². The van der Waals surface area contributed by atoms with Crippen molar-refractivity contribution in [2.75, 3.05) is 26.3 Å². The Bertz CT molecular complexity index is 530. The van der Waals surface area contributed by atoms with E-state index in [1.165, 1.54) is 0 Å². The van der Waals surface area contributed by atoms with Crippen molar-refractivity contribution < 1.29 is 13.2 Å². The second-order valence-corrected chi connectivity index (χ2v) is 6.56. The molecule has 0 bridgehead atoms. The van der Waals surface area contributed by atoms with Crippen LogP contribution in [0.25, 0.3) is 0 Å². The Morgan fingerprint density at radius 1 is 1.24 bits per heavy atom. The van der Waals surface area contributed by atoms with E-state index in [0.29, 0.717) is 37.6 Å². The normalized spacial score (nSPS) is 11.8. The maximum atomic E-state index is 12.3. The number of aryl methyl sites for hydroxylation is 1. The molecule has 0 saturated carbocycles. The van der Waals surface area contributed by atoms with Crippen LogP contribution in [0.4, 0.5) is 0 Å². The monoisotopic (exact) mass is 314 g/mol. The summed E-state index contributed by atoms with van der Waals surface area (Å²) >= 11 is 0. The van der Waals surface area contributed by atoms with Gasteiger partial charge in [-0.05, 0) is 44.0 Å². The van der Waals surface area contributed by atoms with Crippen molar-refractivity contribution in [1.82, 2.24) is 10.0 Å². The first-order valence-electron chi connectivity index (χ1n) is 7.39. The molecule has 0 aliphatic rings. The van der Waals surface area contributed by atoms with Crippen LogP contribution in [-0.2, 0) is 21.3 Å². The van der Waals surface area contributed by atoms with Crippen LogP contribution in [0.2, 0.25) is 0 Å². The number of hydrogen-bond acceptors (Lipinski definition) is 4. The van der Waals surface area contributed by atoms with Gasteiger partial charge in [-0.15, -0.1) is 0 Å². The van der Waals surface area contributed by atoms with E-state index in [9.17, 15) is 8.42 Å². The Balaban J connectivity index is 2.72. The second kappa shape index (κ2) is 9.15. The van der Waals surface area contributed by atoms with E-state index < -0.39 is 10.0 Å². The van der Waals surface area contributed by atoms with Crippen molar-refractivity contribution in [2.24, 2.45) is 0 Å². The molecular weight excluding hydrogens is 288 g/mol. The van der Waals surface area contributed by atoms with Crippen molar-refractivity contribution in [2.45, 2.75) is 38.6 Å². The summed E-state index contributed by atoms with van der Waals surface area (Å²) in [5.74, 6) is 0. The predicted molar refractivity (Wildman–Crippen MR) is 84.9 cm³/mol. The summed E-state index contributed by atoms with van der Waals surface area (Å²) in [5.41, 5.74) is 1.73. The van der Waals surface area contributed by atoms with Gasteiger partial charge >= 0.3 is 0 Å². The summed E-state index contributed by atoms with van der Waals surface area (Å²) in [6, 6.07) is 5.54. The van der Waals surface area contributed by atoms with Crippen molar-refractivity contribution in [3.05, 3.63) is 29.3 Å². The summed E-state index contributed by atoms with van der Waals surface area (Å²) in [6.45, 7) is 8.88. The van der Waals surface area contributed by atoms with Crippen molar-refractivity contribution in [3.63, 3.8) is 0 Å². The lowest BCUT2D eigenvalue weighted by molar-refractivity contribution is 0.146. The Kier molecular flexibility index (Phi) is 7.88. The van der Waals surface area contributed by atoms with Gasteiger partial charge in [0.1, 0.15) is 0 Å². The molecular formula is C15H26N2O3S. The first-order valence-corrected chi connectivity index (χ1v) is 8.87. The molecule has 0 aliphatic heterocycles. The number of benzene rings is 1. The van der Waals surface area contributed by atoms with Gasteiger partial charge in [0.15, 0.2) is 0 Å². The van der Waals surface area contributed by atoms with Gasteiger partial charge in [0.2, 0.25) is 10.0 Å². The van der Waals surface area contributed by atoms with Crippen molar-refractivity contribution in [3.8, 4) is 0 Å². The Morgan fingerprint density at radius 2 is 2.00 bits per heavy atom. The number of hydrogen-bond donors (Lipinski definition) is 2. The zero-order valence-electron chi connectivity index (χ0n) is 13.1. The zero-order chi connectivity index (χ0) is 15.7. The third-order valence-corrected chi connectivity index (χ3v) is 4.69. The molecule has 0 atom stereocenters. The highest BCUT2D eigenvalue weighted by atomic mass is 32.2. The van der Waals surface area contributed by atoms with Crippen LogP contribution in [0.15, 0.2) is 23.1 Å². The molecule has 120 valence electrons. The summed E-state index contributed by atoms with van der Waals surface area (Å²) in [6.07, 6.45) is 0.670. The number of sulfonamides is 1. The lowest BCUT2D eigenvalue weighted by atomic mass is 10.1. The Hall–Kier alpha value is -0.950. The largest absolute Gasteiger partial charge is 0.382 e. The predicted octanol–water partition coefficient (Wildman–Crippen LogP) is 1.81. The first-order chi connectivity index (χ1) is 10.0. The van der Waals surface area contributed by atoms with Gasteiger partial charge in [0.25, 0.3) is 0 Å². The van der Waals surface area contributed by atoms with E-state index in [0.717, 1.165) is 17.7 Å². The summed E-state index contributed by atoms with van der Waals surface area (Å²) in [7, 11) is -3.46. The quantitative estimate of drug-likeness (QED) is 0.646. The van der Waals surface area contributed by atoms with Crippen LogP contribution < -0.4 is 10.0 Å². The molecule has 0 saturated heterocycles. The molecule has 0 aliphatic carbocycles. The lowest BCUT2D eigenvalue weighted by Gasteiger charge is -2.11. The van der Waals surface area contributed by atoms with E-state index in [2.05, 4.69) is 10.0 Å². The van der Waals surface area contributed by atoms with E-state index in [1.807, 2.05) is 32.9 Å². The van der Waals surface area contributed by atoms with Crippen LogP contribution in [0.3, 0.4) is 0 Å². The number of rotatable bonds is 10. The van der Waals surface area contributed by atoms with Gasteiger partial charge in [0, 0.05) is 26.3 Å². The van der Waals surface area contributed by atoms with Crippen molar-refractivity contribution in [1.29, 1.82) is 0 Å². The third-order valence-electron chi connectivity index (χ3n) is 3.08. The Labute approximate surface area is 128 Å². The van der Waals surface area contributed by atoms with Gasteiger partial charge in [-0.25, -0.2) is 13.1 Å². The minimum Gasteiger partial charge on any atom is -0.382 e. The molecule has 0 spiro atoms. The molecule has 0 amide bonds. The highest BCUT2D eigenvalue weighted by molar-refractivity contribution is 7.89. The molecule has 0 fully saturated rings. The molecule has 2 N–H and O–H groups in total. The average molecular weight is 314 g/mol. The van der Waals surface area contributed by atoms with Crippen LogP contribution in [0.5, 0.6) is 0 Å². The van der Waals surface area contributed by atoms with Gasteiger partial charge < -0.3 is 10.1 Å². The number of nitrogens with one attached hydrogen (secondary N) is 2. The highest BCUT2D eigenvalue weighted by Crippen LogP contribution is 2.17. The summed E-state index contributed by atoms with van der Waals surface area (Å²) in [5, 5.41) is 3.20. The minimum absolute atomic E-state index is 0.356. The van der Waals surface area contributed by atoms with E-state index in [1.54, 1.807) is 6.07 Å². The molecule has 6 heteroatoms. The molecule has 1 aromatic rings. The summed E-state index contributed by atoms with van der Waals surface area (Å²) in [4.78, 5) is 0.356. The standard InChI is InChI=1S/C15H26N2O3S/c1-4-16-12-14-8-7-13(3)15(11-14)21(18,19)17-9-6-10-20-5-2/h7-8,11,16-17H,4-6,9-10,12H2,1-3H3. The topological polar surface area (TPSA) is 67.4 Å². The Morgan fingerprint density at radius 3 is 2.67 bits per heavy atom. The lowest BCUT2D eigenvalue weighted by Crippen LogP contribution is -2.26. The van der Waals surface area contributed by atoms with E-state index in [4.69, 9.17) is 4.74 Å². The summed E-state index contributed by atoms with van der Waals surface area (Å²) < 4.78 is 32.5. The van der Waals surface area contributed by atoms with E-state index >= 15 is 0 Å². The molecule has 0 heterocycles. The fourth-order valence-electron chi connectivity index (χ4n) is 1.92.